The van der Waals surface area contributed by atoms with Gasteiger partial charge in [-0.25, -0.2) is 4.98 Å². The molecule has 0 radical (unpaired) electrons. The first-order valence-corrected chi connectivity index (χ1v) is 9.68. The fourth-order valence-corrected chi connectivity index (χ4v) is 4.75. The smallest absolute Gasteiger partial charge is 0.387 e. The topological polar surface area (TPSA) is 62.9 Å². The van der Waals surface area contributed by atoms with Crippen molar-refractivity contribution in [2.45, 2.75) is 38.8 Å². The number of nitrogens with zero attached hydrogens (tertiary/aromatic N) is 4. The second-order valence-electron chi connectivity index (χ2n) is 6.59. The molecule has 6 nitrogen and oxygen atoms in total. The zero-order valence-electron chi connectivity index (χ0n) is 14.8. The Balaban J connectivity index is 1.79. The lowest BCUT2D eigenvalue weighted by molar-refractivity contribution is -0.0499. The quantitative estimate of drug-likeness (QED) is 0.709. The summed E-state index contributed by atoms with van der Waals surface area (Å²) in [5.41, 5.74) is 0.798. The molecule has 3 heterocycles. The Morgan fingerprint density at radius 2 is 2.00 bits per heavy atom. The predicted molar refractivity (Wildman–Crippen MR) is 97.6 cm³/mol. The van der Waals surface area contributed by atoms with Crippen LogP contribution in [0.1, 0.15) is 41.6 Å². The second-order valence-corrected chi connectivity index (χ2v) is 7.60. The number of alkyl halides is 2. The molecule has 27 heavy (non-hydrogen) atoms. The number of thiazole rings is 1. The van der Waals surface area contributed by atoms with Gasteiger partial charge < -0.3 is 9.84 Å². The van der Waals surface area contributed by atoms with Crippen LogP contribution in [0.3, 0.4) is 0 Å². The Morgan fingerprint density at radius 1 is 1.22 bits per heavy atom. The maximum absolute atomic E-state index is 12.6. The van der Waals surface area contributed by atoms with E-state index in [0.717, 1.165) is 37.9 Å². The first-order chi connectivity index (χ1) is 13.0. The minimum Gasteiger partial charge on any atom is -0.492 e. The van der Waals surface area contributed by atoms with Crippen molar-refractivity contribution in [1.29, 1.82) is 0 Å². The number of fused-ring (bicyclic) bond motifs is 1. The number of ether oxygens (including phenoxy) is 1. The minimum absolute atomic E-state index is 0.0476. The third kappa shape index (κ3) is 3.61. The summed E-state index contributed by atoms with van der Waals surface area (Å²) in [4.78, 5) is 7.93. The number of benzene rings is 1. The highest BCUT2D eigenvalue weighted by Crippen LogP contribution is 2.41. The van der Waals surface area contributed by atoms with E-state index in [1.165, 1.54) is 21.9 Å². The molecule has 1 aliphatic heterocycles. The highest BCUT2D eigenvalue weighted by molar-refractivity contribution is 7.17. The molecule has 0 spiro atoms. The molecule has 0 saturated carbocycles. The monoisotopic (exact) mass is 394 g/mol. The molecule has 1 atom stereocenters. The van der Waals surface area contributed by atoms with Gasteiger partial charge in [0.2, 0.25) is 10.8 Å². The van der Waals surface area contributed by atoms with Crippen molar-refractivity contribution in [2.75, 3.05) is 13.1 Å². The largest absolute Gasteiger partial charge is 0.492 e. The summed E-state index contributed by atoms with van der Waals surface area (Å²) in [7, 11) is 0. The van der Waals surface area contributed by atoms with E-state index in [-0.39, 0.29) is 17.7 Å². The molecular formula is C18H20F2N4O2S. The van der Waals surface area contributed by atoms with Crippen molar-refractivity contribution < 1.29 is 18.6 Å². The Bertz CT molecular complexity index is 937. The van der Waals surface area contributed by atoms with Crippen LogP contribution in [0.5, 0.6) is 11.6 Å². The number of aryl methyl sites for hydroxylation is 1. The van der Waals surface area contributed by atoms with Gasteiger partial charge in [0.05, 0.1) is 10.9 Å². The lowest BCUT2D eigenvalue weighted by Crippen LogP contribution is -2.34. The van der Waals surface area contributed by atoms with Crippen LogP contribution >= 0.6 is 11.3 Å². The van der Waals surface area contributed by atoms with Gasteiger partial charge >= 0.3 is 6.61 Å². The van der Waals surface area contributed by atoms with E-state index >= 15 is 0 Å². The van der Waals surface area contributed by atoms with Crippen LogP contribution in [0, 0.1) is 6.92 Å². The van der Waals surface area contributed by atoms with Crippen molar-refractivity contribution in [3.63, 3.8) is 0 Å². The van der Waals surface area contributed by atoms with Crippen LogP contribution in [0.15, 0.2) is 24.3 Å². The van der Waals surface area contributed by atoms with Gasteiger partial charge in [0, 0.05) is 0 Å². The molecular weight excluding hydrogens is 374 g/mol. The number of likely N-dealkylation sites (tertiary alicyclic amines) is 1. The van der Waals surface area contributed by atoms with E-state index in [1.807, 2.05) is 6.07 Å². The number of halogens is 2. The molecule has 144 valence electrons. The van der Waals surface area contributed by atoms with E-state index in [0.29, 0.717) is 15.7 Å². The second kappa shape index (κ2) is 7.40. The first-order valence-electron chi connectivity index (χ1n) is 8.87. The molecule has 3 aromatic rings. The molecule has 0 amide bonds. The number of rotatable bonds is 5. The highest BCUT2D eigenvalue weighted by Gasteiger charge is 2.30. The first kappa shape index (κ1) is 18.1. The number of hydrogen-bond donors (Lipinski definition) is 1. The molecule has 1 saturated heterocycles. The van der Waals surface area contributed by atoms with Crippen molar-refractivity contribution >= 4 is 16.3 Å². The van der Waals surface area contributed by atoms with Gasteiger partial charge in [-0.05, 0) is 50.6 Å². The Labute approximate surface area is 159 Å². The summed E-state index contributed by atoms with van der Waals surface area (Å²) in [5, 5.41) is 15.0. The molecule has 2 aromatic heterocycles. The highest BCUT2D eigenvalue weighted by atomic mass is 32.1. The summed E-state index contributed by atoms with van der Waals surface area (Å²) in [6, 6.07) is 6.43. The SMILES string of the molecule is Cc1nc2sc(C(c3cccc(OC(F)F)c3)N3CCCCC3)c(O)n2n1. The molecule has 0 bridgehead atoms. The molecule has 1 aliphatic rings. The standard InChI is InChI=1S/C18H20F2N4O2S/c1-11-21-18-24(22-11)16(25)15(27-18)14(23-8-3-2-4-9-23)12-6-5-7-13(10-12)26-17(19)20/h5-7,10,14,17,25H,2-4,8-9H2,1H3. The molecule has 4 rings (SSSR count). The van der Waals surface area contributed by atoms with E-state index in [9.17, 15) is 13.9 Å². The summed E-state index contributed by atoms with van der Waals surface area (Å²) < 4.78 is 31.3. The van der Waals surface area contributed by atoms with Crippen LogP contribution in [-0.4, -0.2) is 44.3 Å². The Hall–Kier alpha value is -2.26. The van der Waals surface area contributed by atoms with E-state index in [2.05, 4.69) is 19.7 Å². The molecule has 1 unspecified atom stereocenters. The van der Waals surface area contributed by atoms with Gasteiger partial charge in [-0.2, -0.15) is 13.3 Å². The van der Waals surface area contributed by atoms with Crippen molar-refractivity contribution in [3.05, 3.63) is 40.5 Å². The van der Waals surface area contributed by atoms with Gasteiger partial charge in [-0.3, -0.25) is 4.90 Å². The lowest BCUT2D eigenvalue weighted by atomic mass is 10.00. The molecule has 9 heteroatoms. The maximum atomic E-state index is 12.6. The van der Waals surface area contributed by atoms with Crippen LogP contribution in [0.4, 0.5) is 8.78 Å². The van der Waals surface area contributed by atoms with Crippen molar-refractivity contribution in [3.8, 4) is 11.6 Å². The summed E-state index contributed by atoms with van der Waals surface area (Å²) in [6.07, 6.45) is 3.28. The van der Waals surface area contributed by atoms with Gasteiger partial charge in [0.25, 0.3) is 0 Å². The number of piperidine rings is 1. The van der Waals surface area contributed by atoms with Crippen LogP contribution < -0.4 is 4.74 Å². The molecule has 1 fully saturated rings. The van der Waals surface area contributed by atoms with E-state index in [4.69, 9.17) is 0 Å². The lowest BCUT2D eigenvalue weighted by Gasteiger charge is -2.34. The summed E-state index contributed by atoms with van der Waals surface area (Å²) >= 11 is 1.37. The predicted octanol–water partition coefficient (Wildman–Crippen LogP) is 3.98. The normalized spacial score (nSPS) is 16.9. The zero-order valence-corrected chi connectivity index (χ0v) is 15.6. The number of aromatic hydroxyl groups is 1. The number of aromatic nitrogens is 3. The van der Waals surface area contributed by atoms with Gasteiger partial charge in [0.15, 0.2) is 0 Å². The van der Waals surface area contributed by atoms with Gasteiger partial charge in [0.1, 0.15) is 11.6 Å². The van der Waals surface area contributed by atoms with Gasteiger partial charge in [-0.15, -0.1) is 5.10 Å². The third-order valence-electron chi connectivity index (χ3n) is 4.71. The minimum atomic E-state index is -2.88. The summed E-state index contributed by atoms with van der Waals surface area (Å²) in [6.45, 7) is 0.638. The fourth-order valence-electron chi connectivity index (χ4n) is 3.59. The zero-order chi connectivity index (χ0) is 19.0. The Kier molecular flexibility index (Phi) is 4.96. The van der Waals surface area contributed by atoms with Crippen LogP contribution in [0.2, 0.25) is 0 Å². The van der Waals surface area contributed by atoms with Gasteiger partial charge in [-0.1, -0.05) is 29.9 Å². The Morgan fingerprint density at radius 3 is 2.70 bits per heavy atom. The molecule has 1 aromatic carbocycles. The van der Waals surface area contributed by atoms with Crippen LogP contribution in [-0.2, 0) is 0 Å². The van der Waals surface area contributed by atoms with Crippen molar-refractivity contribution in [1.82, 2.24) is 19.5 Å². The van der Waals surface area contributed by atoms with Crippen LogP contribution in [0.25, 0.3) is 4.96 Å². The maximum Gasteiger partial charge on any atom is 0.387 e. The van der Waals surface area contributed by atoms with E-state index in [1.54, 1.807) is 19.1 Å². The van der Waals surface area contributed by atoms with Crippen molar-refractivity contribution in [2.24, 2.45) is 0 Å². The average Bonchev–Trinajstić information content (AvgIpc) is 3.14. The summed E-state index contributed by atoms with van der Waals surface area (Å²) in [5.74, 6) is 0.746. The molecule has 1 N–H and O–H groups in total. The molecule has 0 aliphatic carbocycles. The van der Waals surface area contributed by atoms with E-state index < -0.39 is 6.61 Å². The fraction of sp³-hybridized carbons (Fsp3) is 0.444. The number of hydrogen-bond acceptors (Lipinski definition) is 6. The third-order valence-corrected chi connectivity index (χ3v) is 5.78. The average molecular weight is 394 g/mol.